The molecule has 0 saturated carbocycles. The van der Waals surface area contributed by atoms with E-state index >= 15 is 0 Å². The summed E-state index contributed by atoms with van der Waals surface area (Å²) in [7, 11) is 4.54. The SMILES string of the molecule is CCOC(=O)c1c(N(C)C(=O)c2cccc(Cl)c2)nc2n1CCCC2.CCOC(=O)c1c(NC(=O)c2cccc(Cl)c2)nc2n1CCCC2.COC(=O)c1c(N(C)C(=O)c2cccc(Cl)c2)nc2n1CCCC2.N. The minimum absolute atomic E-state index is 0. The second kappa shape index (κ2) is 25.7. The molecule has 0 spiro atoms. The molecule has 3 aromatic carbocycles. The molecule has 19 nitrogen and oxygen atoms in total. The van der Waals surface area contributed by atoms with Gasteiger partial charge in [0.2, 0.25) is 0 Å². The first-order valence-electron chi connectivity index (χ1n) is 24.0. The van der Waals surface area contributed by atoms with Gasteiger partial charge in [-0.25, -0.2) is 29.3 Å². The number of carbonyl (C=O) groups is 6. The summed E-state index contributed by atoms with van der Waals surface area (Å²) in [6, 6.07) is 20.0. The van der Waals surface area contributed by atoms with E-state index in [4.69, 9.17) is 49.0 Å². The van der Waals surface area contributed by atoms with Gasteiger partial charge in [-0.1, -0.05) is 53.0 Å². The van der Waals surface area contributed by atoms with Gasteiger partial charge in [-0.05, 0) is 107 Å². The van der Waals surface area contributed by atoms with E-state index in [0.29, 0.717) is 80.1 Å². The summed E-state index contributed by atoms with van der Waals surface area (Å²) in [5.41, 5.74) is 2.26. The van der Waals surface area contributed by atoms with Crippen molar-refractivity contribution in [2.45, 2.75) is 91.3 Å². The number of amides is 3. The maximum absolute atomic E-state index is 12.8. The first-order valence-corrected chi connectivity index (χ1v) is 25.1. The normalized spacial score (nSPS) is 13.1. The molecule has 0 aliphatic carbocycles. The Balaban J connectivity index is 0.000000180. The Hall–Kier alpha value is -7.06. The Morgan fingerprint density at radius 3 is 1.35 bits per heavy atom. The standard InChI is InChI=1S/C18H20ClN3O3.2C17H18ClN3O3.H3N/c1-3-25-18(24)15-16(20-14-9-4-5-10-22(14)15)21(2)17(23)12-7-6-8-13(19)11-12;1-20(16(22)11-6-5-7-12(18)10-11)15-14(17(23)24-2)21-9-4-3-8-13(21)19-15;1-2-24-17(23)14-15(19-13-8-3-4-9-21(13)14)20-16(22)11-6-5-7-12(18)10-11;/h6-8,11H,3-5,9-10H2,1-2H3;5-7,10H,3-4,8-9H2,1-2H3;5-7,10H,2-4,8-9H2,1H3,(H,20,22);1H3. The second-order valence-electron chi connectivity index (χ2n) is 17.1. The number of carbonyl (C=O) groups excluding carboxylic acids is 6. The third-order valence-corrected chi connectivity index (χ3v) is 12.9. The molecule has 0 atom stereocenters. The van der Waals surface area contributed by atoms with E-state index in [9.17, 15) is 28.8 Å². The molecular formula is C52H59Cl3N10O9. The number of esters is 3. The molecule has 0 saturated heterocycles. The van der Waals surface area contributed by atoms with Crippen molar-refractivity contribution in [1.29, 1.82) is 0 Å². The molecule has 6 heterocycles. The number of ether oxygens (including phenoxy) is 3. The highest BCUT2D eigenvalue weighted by Gasteiger charge is 2.32. The lowest BCUT2D eigenvalue weighted by atomic mass is 10.1. The minimum Gasteiger partial charge on any atom is -0.464 e. The first kappa shape index (κ1) is 56.2. The van der Waals surface area contributed by atoms with Gasteiger partial charge < -0.3 is 39.4 Å². The smallest absolute Gasteiger partial charge is 0.358 e. The minimum atomic E-state index is -0.489. The highest BCUT2D eigenvalue weighted by molar-refractivity contribution is 6.32. The molecule has 4 N–H and O–H groups in total. The number of hydrogen-bond acceptors (Lipinski definition) is 13. The van der Waals surface area contributed by atoms with E-state index in [2.05, 4.69) is 20.3 Å². The summed E-state index contributed by atoms with van der Waals surface area (Å²) in [5.74, 6) is 0.988. The molecule has 22 heteroatoms. The maximum atomic E-state index is 12.8. The van der Waals surface area contributed by atoms with E-state index in [-0.39, 0.29) is 42.9 Å². The third-order valence-electron chi connectivity index (χ3n) is 12.2. The fraction of sp³-hybridized carbons (Fsp3) is 0.365. The van der Waals surface area contributed by atoms with Gasteiger partial charge in [0.05, 0.1) is 20.3 Å². The zero-order chi connectivity index (χ0) is 52.3. The summed E-state index contributed by atoms with van der Waals surface area (Å²) in [6.07, 6.45) is 8.31. The molecule has 0 fully saturated rings. The van der Waals surface area contributed by atoms with E-state index in [0.717, 1.165) is 75.3 Å². The lowest BCUT2D eigenvalue weighted by Gasteiger charge is -2.18. The number of methoxy groups -OCH3 is 1. The topological polar surface area (TPSA) is 237 Å². The molecular weight excluding hydrogens is 1010 g/mol. The Bertz CT molecular complexity index is 3040. The molecule has 74 heavy (non-hydrogen) atoms. The van der Waals surface area contributed by atoms with Crippen LogP contribution >= 0.6 is 34.8 Å². The Morgan fingerprint density at radius 2 is 0.932 bits per heavy atom. The quantitative estimate of drug-likeness (QED) is 0.0909. The van der Waals surface area contributed by atoms with Crippen LogP contribution in [0.4, 0.5) is 17.5 Å². The van der Waals surface area contributed by atoms with Crippen LogP contribution in [-0.4, -0.2) is 98.7 Å². The van der Waals surface area contributed by atoms with Crippen LogP contribution in [0.25, 0.3) is 0 Å². The number of benzene rings is 3. The predicted molar refractivity (Wildman–Crippen MR) is 282 cm³/mol. The number of nitrogens with zero attached hydrogens (tertiary/aromatic N) is 8. The Kier molecular flexibility index (Phi) is 19.6. The Labute approximate surface area is 443 Å². The Morgan fingerprint density at radius 1 is 0.554 bits per heavy atom. The number of rotatable bonds is 11. The van der Waals surface area contributed by atoms with Crippen molar-refractivity contribution in [2.24, 2.45) is 0 Å². The molecule has 3 aliphatic heterocycles. The summed E-state index contributed by atoms with van der Waals surface area (Å²) in [4.78, 5) is 91.3. The van der Waals surface area contributed by atoms with Crippen molar-refractivity contribution in [3.8, 4) is 0 Å². The molecule has 6 aromatic rings. The van der Waals surface area contributed by atoms with Gasteiger partial charge in [0.15, 0.2) is 34.5 Å². The molecule has 0 unspecified atom stereocenters. The molecule has 3 aliphatic rings. The average Bonchev–Trinajstić information content (AvgIpc) is 4.10. The second-order valence-corrected chi connectivity index (χ2v) is 18.4. The van der Waals surface area contributed by atoms with E-state index in [1.165, 1.54) is 16.9 Å². The molecule has 9 rings (SSSR count). The van der Waals surface area contributed by atoms with Crippen LogP contribution < -0.4 is 21.3 Å². The van der Waals surface area contributed by atoms with Gasteiger partial charge in [-0.3, -0.25) is 24.2 Å². The summed E-state index contributed by atoms with van der Waals surface area (Å²) in [5, 5.41) is 4.15. The fourth-order valence-corrected chi connectivity index (χ4v) is 9.29. The zero-order valence-electron chi connectivity index (χ0n) is 41.9. The third kappa shape index (κ3) is 12.8. The molecule has 392 valence electrons. The first-order chi connectivity index (χ1) is 35.1. The number of imidazole rings is 3. The monoisotopic (exact) mass is 1070 g/mol. The van der Waals surface area contributed by atoms with E-state index < -0.39 is 17.9 Å². The summed E-state index contributed by atoms with van der Waals surface area (Å²) >= 11 is 17.9. The molecule has 3 amide bonds. The van der Waals surface area contributed by atoms with Crippen LogP contribution in [-0.2, 0) is 53.1 Å². The zero-order valence-corrected chi connectivity index (χ0v) is 44.2. The van der Waals surface area contributed by atoms with Crippen molar-refractivity contribution >= 4 is 87.9 Å². The number of fused-ring (bicyclic) bond motifs is 3. The van der Waals surface area contributed by atoms with Crippen LogP contribution in [0.15, 0.2) is 72.8 Å². The molecule has 0 radical (unpaired) electrons. The number of aryl methyl sites for hydroxylation is 3. The van der Waals surface area contributed by atoms with E-state index in [1.54, 1.807) is 101 Å². The van der Waals surface area contributed by atoms with Crippen molar-refractivity contribution in [3.05, 3.63) is 139 Å². The van der Waals surface area contributed by atoms with Gasteiger partial charge in [0.25, 0.3) is 17.7 Å². The van der Waals surface area contributed by atoms with Gasteiger partial charge >= 0.3 is 17.9 Å². The lowest BCUT2D eigenvalue weighted by Crippen LogP contribution is -2.29. The largest absolute Gasteiger partial charge is 0.464 e. The van der Waals surface area contributed by atoms with Crippen molar-refractivity contribution in [1.82, 2.24) is 34.8 Å². The highest BCUT2D eigenvalue weighted by atomic mass is 35.5. The van der Waals surface area contributed by atoms with Crippen LogP contribution in [0, 0.1) is 0 Å². The van der Waals surface area contributed by atoms with Gasteiger partial charge in [0.1, 0.15) is 17.5 Å². The highest BCUT2D eigenvalue weighted by Crippen LogP contribution is 2.30. The van der Waals surface area contributed by atoms with Crippen LogP contribution in [0.2, 0.25) is 15.1 Å². The number of aromatic nitrogens is 6. The van der Waals surface area contributed by atoms with Gasteiger partial charge in [-0.2, -0.15) is 0 Å². The average molecular weight is 1070 g/mol. The molecule has 3 aromatic heterocycles. The number of anilines is 3. The van der Waals surface area contributed by atoms with Crippen LogP contribution in [0.3, 0.4) is 0 Å². The van der Waals surface area contributed by atoms with Gasteiger partial charge in [0, 0.05) is 84.8 Å². The lowest BCUT2D eigenvalue weighted by molar-refractivity contribution is 0.0504. The summed E-state index contributed by atoms with van der Waals surface area (Å²) in [6.45, 7) is 6.14. The maximum Gasteiger partial charge on any atom is 0.358 e. The van der Waals surface area contributed by atoms with Crippen molar-refractivity contribution in [2.75, 3.05) is 49.5 Å². The molecule has 0 bridgehead atoms. The van der Waals surface area contributed by atoms with Crippen LogP contribution in [0.1, 0.15) is 132 Å². The number of nitrogens with one attached hydrogen (secondary N) is 1. The predicted octanol–water partition coefficient (Wildman–Crippen LogP) is 9.73. The van der Waals surface area contributed by atoms with Crippen molar-refractivity contribution < 1.29 is 43.0 Å². The number of hydrogen-bond donors (Lipinski definition) is 2. The number of halogens is 3. The van der Waals surface area contributed by atoms with E-state index in [1.807, 2.05) is 13.7 Å². The summed E-state index contributed by atoms with van der Waals surface area (Å²) < 4.78 is 20.8. The van der Waals surface area contributed by atoms with Gasteiger partial charge in [-0.15, -0.1) is 0 Å². The van der Waals surface area contributed by atoms with Crippen LogP contribution in [0.5, 0.6) is 0 Å². The van der Waals surface area contributed by atoms with Crippen molar-refractivity contribution in [3.63, 3.8) is 0 Å². The fourth-order valence-electron chi connectivity index (χ4n) is 8.72.